The van der Waals surface area contributed by atoms with Crippen molar-refractivity contribution in [2.45, 2.75) is 25.2 Å². The lowest BCUT2D eigenvalue weighted by atomic mass is 9.95. The van der Waals surface area contributed by atoms with Crippen molar-refractivity contribution in [3.8, 4) is 17.0 Å². The fourth-order valence-electron chi connectivity index (χ4n) is 3.27. The van der Waals surface area contributed by atoms with E-state index in [0.717, 1.165) is 48.8 Å². The number of piperidine rings is 1. The summed E-state index contributed by atoms with van der Waals surface area (Å²) in [4.78, 5) is 11.5. The highest BCUT2D eigenvalue weighted by Gasteiger charge is 2.22. The number of likely N-dealkylation sites (tertiary alicyclic amines) is 1. The minimum atomic E-state index is -2.40. The van der Waals surface area contributed by atoms with Crippen LogP contribution in [0, 0.1) is 0 Å². The third kappa shape index (κ3) is 5.68. The second-order valence-electron chi connectivity index (χ2n) is 6.61. The van der Waals surface area contributed by atoms with Crippen molar-refractivity contribution < 1.29 is 18.3 Å². The largest absolute Gasteiger partial charge is 0.497 e. The highest BCUT2D eigenvalue weighted by atomic mass is 19.3. The number of hydrogen-bond donors (Lipinski definition) is 0. The Kier molecular flexibility index (Phi) is 7.06. The molecule has 0 aliphatic carbocycles. The van der Waals surface area contributed by atoms with Crippen LogP contribution < -0.4 is 4.74 Å². The first-order chi connectivity index (χ1) is 13.2. The summed E-state index contributed by atoms with van der Waals surface area (Å²) in [6.45, 7) is 2.35. The van der Waals surface area contributed by atoms with E-state index in [-0.39, 0.29) is 0 Å². The third-order valence-corrected chi connectivity index (χ3v) is 4.81. The van der Waals surface area contributed by atoms with Crippen LogP contribution in [0.4, 0.5) is 8.78 Å². The van der Waals surface area contributed by atoms with Gasteiger partial charge in [0.05, 0.1) is 19.4 Å². The minimum Gasteiger partial charge on any atom is -0.497 e. The van der Waals surface area contributed by atoms with E-state index >= 15 is 0 Å². The van der Waals surface area contributed by atoms with Crippen LogP contribution in [-0.4, -0.2) is 61.3 Å². The Morgan fingerprint density at radius 3 is 2.56 bits per heavy atom. The lowest BCUT2D eigenvalue weighted by Crippen LogP contribution is -2.36. The van der Waals surface area contributed by atoms with E-state index in [1.54, 1.807) is 7.11 Å². The Morgan fingerprint density at radius 2 is 1.89 bits per heavy atom. The molecule has 0 spiro atoms. The number of alkyl halides is 2. The van der Waals surface area contributed by atoms with Crippen LogP contribution in [0.5, 0.6) is 5.75 Å². The van der Waals surface area contributed by atoms with E-state index in [2.05, 4.69) is 9.88 Å². The van der Waals surface area contributed by atoms with Gasteiger partial charge in [0.25, 0.3) is 6.43 Å². The van der Waals surface area contributed by atoms with E-state index < -0.39 is 13.0 Å². The predicted octanol–water partition coefficient (Wildman–Crippen LogP) is 3.61. The van der Waals surface area contributed by atoms with Gasteiger partial charge < -0.3 is 14.4 Å². The van der Waals surface area contributed by atoms with Gasteiger partial charge in [-0.3, -0.25) is 0 Å². The van der Waals surface area contributed by atoms with Gasteiger partial charge in [0, 0.05) is 24.2 Å². The maximum absolute atomic E-state index is 12.1. The Hall–Kier alpha value is -2.12. The Labute approximate surface area is 158 Å². The number of halogens is 2. The molecule has 5 nitrogen and oxygen atoms in total. The van der Waals surface area contributed by atoms with E-state index in [4.69, 9.17) is 14.5 Å². The van der Waals surface area contributed by atoms with Crippen molar-refractivity contribution in [1.82, 2.24) is 14.9 Å². The lowest BCUT2D eigenvalue weighted by Gasteiger charge is -2.31. The molecule has 146 valence electrons. The molecular formula is C20H25F2N3O2. The number of methoxy groups -OCH3 is 1. The van der Waals surface area contributed by atoms with Crippen LogP contribution in [-0.2, 0) is 4.74 Å². The molecule has 1 saturated heterocycles. The average Bonchev–Trinajstić information content (AvgIpc) is 2.72. The summed E-state index contributed by atoms with van der Waals surface area (Å²) >= 11 is 0. The van der Waals surface area contributed by atoms with Crippen molar-refractivity contribution in [3.63, 3.8) is 0 Å². The molecule has 1 aliphatic rings. The lowest BCUT2D eigenvalue weighted by molar-refractivity contribution is 0.00783. The monoisotopic (exact) mass is 377 g/mol. The van der Waals surface area contributed by atoms with Crippen LogP contribution >= 0.6 is 0 Å². The Morgan fingerprint density at radius 1 is 1.15 bits per heavy atom. The van der Waals surface area contributed by atoms with E-state index in [0.29, 0.717) is 19.1 Å². The molecule has 27 heavy (non-hydrogen) atoms. The Balaban J connectivity index is 1.53. The predicted molar refractivity (Wildman–Crippen MR) is 99.3 cm³/mol. The van der Waals surface area contributed by atoms with Crippen LogP contribution in [0.3, 0.4) is 0 Å². The molecule has 7 heteroatoms. The molecule has 0 atom stereocenters. The molecule has 1 aromatic carbocycles. The van der Waals surface area contributed by atoms with Crippen molar-refractivity contribution in [1.29, 1.82) is 0 Å². The van der Waals surface area contributed by atoms with Gasteiger partial charge in [0.1, 0.15) is 18.2 Å². The van der Waals surface area contributed by atoms with Crippen molar-refractivity contribution >= 4 is 0 Å². The molecule has 1 aromatic heterocycles. The number of ether oxygens (including phenoxy) is 2. The maximum atomic E-state index is 12.1. The number of hydrogen-bond acceptors (Lipinski definition) is 5. The molecule has 2 aromatic rings. The van der Waals surface area contributed by atoms with E-state index in [9.17, 15) is 8.78 Å². The maximum Gasteiger partial charge on any atom is 0.261 e. The minimum absolute atomic E-state index is 0.321. The Bertz CT molecular complexity index is 705. The van der Waals surface area contributed by atoms with Gasteiger partial charge in [0.2, 0.25) is 0 Å². The number of rotatable bonds is 8. The summed E-state index contributed by atoms with van der Waals surface area (Å²) in [7, 11) is 1.65. The molecule has 0 N–H and O–H groups in total. The second kappa shape index (κ2) is 9.71. The molecule has 1 aliphatic heterocycles. The summed E-state index contributed by atoms with van der Waals surface area (Å²) < 4.78 is 34.3. The fraction of sp³-hybridized carbons (Fsp3) is 0.500. The first kappa shape index (κ1) is 19.6. The van der Waals surface area contributed by atoms with Crippen LogP contribution in [0.25, 0.3) is 11.3 Å². The normalized spacial score (nSPS) is 16.0. The molecule has 0 bridgehead atoms. The SMILES string of the molecule is COc1ccc(-c2ccnc(C3CCN(CCOCC(F)F)CC3)n2)cc1. The average molecular weight is 377 g/mol. The first-order valence-electron chi connectivity index (χ1n) is 9.21. The van der Waals surface area contributed by atoms with Gasteiger partial charge in [-0.25, -0.2) is 18.7 Å². The fourth-order valence-corrected chi connectivity index (χ4v) is 3.27. The summed E-state index contributed by atoms with van der Waals surface area (Å²) in [6.07, 6.45) is 1.33. The molecule has 0 radical (unpaired) electrons. The number of aromatic nitrogens is 2. The zero-order chi connectivity index (χ0) is 19.1. The van der Waals surface area contributed by atoms with Crippen LogP contribution in [0.1, 0.15) is 24.6 Å². The summed E-state index contributed by atoms with van der Waals surface area (Å²) in [5, 5.41) is 0. The zero-order valence-electron chi connectivity index (χ0n) is 15.5. The second-order valence-corrected chi connectivity index (χ2v) is 6.61. The quantitative estimate of drug-likeness (QED) is 0.658. The molecule has 0 saturated carbocycles. The first-order valence-corrected chi connectivity index (χ1v) is 9.21. The molecule has 0 amide bonds. The zero-order valence-corrected chi connectivity index (χ0v) is 15.5. The summed E-state index contributed by atoms with van der Waals surface area (Å²) in [6, 6.07) is 9.75. The van der Waals surface area contributed by atoms with E-state index in [1.807, 2.05) is 36.5 Å². The van der Waals surface area contributed by atoms with Gasteiger partial charge in [-0.15, -0.1) is 0 Å². The summed E-state index contributed by atoms with van der Waals surface area (Å²) in [5.41, 5.74) is 1.94. The smallest absolute Gasteiger partial charge is 0.261 e. The molecule has 3 rings (SSSR count). The van der Waals surface area contributed by atoms with Crippen LogP contribution in [0.15, 0.2) is 36.5 Å². The summed E-state index contributed by atoms with van der Waals surface area (Å²) in [5.74, 6) is 2.01. The van der Waals surface area contributed by atoms with Crippen molar-refractivity contribution in [3.05, 3.63) is 42.4 Å². The van der Waals surface area contributed by atoms with E-state index in [1.165, 1.54) is 0 Å². The van der Waals surface area contributed by atoms with Gasteiger partial charge in [0.15, 0.2) is 0 Å². The van der Waals surface area contributed by atoms with Gasteiger partial charge in [-0.2, -0.15) is 0 Å². The van der Waals surface area contributed by atoms with Crippen molar-refractivity contribution in [2.75, 3.05) is 40.0 Å². The van der Waals surface area contributed by atoms with Crippen LogP contribution in [0.2, 0.25) is 0 Å². The molecule has 0 unspecified atom stereocenters. The van der Waals surface area contributed by atoms with Crippen molar-refractivity contribution in [2.24, 2.45) is 0 Å². The topological polar surface area (TPSA) is 47.5 Å². The molecule has 2 heterocycles. The van der Waals surface area contributed by atoms with Gasteiger partial charge in [-0.1, -0.05) is 0 Å². The van der Waals surface area contributed by atoms with Gasteiger partial charge >= 0.3 is 0 Å². The molecular weight excluding hydrogens is 352 g/mol. The standard InChI is InChI=1S/C20H25F2N3O2/c1-26-17-4-2-15(3-5-17)18-6-9-23-20(24-18)16-7-10-25(11-8-16)12-13-27-14-19(21)22/h2-6,9,16,19H,7-8,10-14H2,1H3. The highest BCUT2D eigenvalue weighted by molar-refractivity contribution is 5.59. The van der Waals surface area contributed by atoms with Gasteiger partial charge in [-0.05, 0) is 56.3 Å². The molecule has 1 fully saturated rings. The third-order valence-electron chi connectivity index (χ3n) is 4.81. The highest BCUT2D eigenvalue weighted by Crippen LogP contribution is 2.27. The number of benzene rings is 1. The number of nitrogens with zero attached hydrogens (tertiary/aromatic N) is 3.